The molecule has 8 aromatic carbocycles. The summed E-state index contributed by atoms with van der Waals surface area (Å²) in [6.07, 6.45) is 0. The van der Waals surface area contributed by atoms with Gasteiger partial charge in [0, 0.05) is 44.2 Å². The molecule has 11 rings (SSSR count). The molecule has 0 aliphatic carbocycles. The zero-order valence-electron chi connectivity index (χ0n) is 31.4. The first-order valence-corrected chi connectivity index (χ1v) is 19.5. The molecule has 0 spiro atoms. The van der Waals surface area contributed by atoms with E-state index in [0.717, 1.165) is 55.9 Å². The molecule has 5 heteroatoms. The predicted octanol–water partition coefficient (Wildman–Crippen LogP) is 13.2. The molecule has 0 aliphatic heterocycles. The molecule has 0 radical (unpaired) electrons. The summed E-state index contributed by atoms with van der Waals surface area (Å²) in [7, 11) is 0. The van der Waals surface area contributed by atoms with E-state index >= 15 is 0 Å². The van der Waals surface area contributed by atoms with Gasteiger partial charge in [-0.2, -0.15) is 0 Å². The average molecular weight is 742 g/mol. The van der Waals surface area contributed by atoms with Crippen LogP contribution in [0.5, 0.6) is 0 Å². The zero-order valence-corrected chi connectivity index (χ0v) is 31.4. The third-order valence-corrected chi connectivity index (χ3v) is 11.0. The van der Waals surface area contributed by atoms with Crippen molar-refractivity contribution in [3.05, 3.63) is 212 Å². The van der Waals surface area contributed by atoms with Crippen LogP contribution in [0.4, 0.5) is 0 Å². The molecule has 0 saturated carbocycles. The summed E-state index contributed by atoms with van der Waals surface area (Å²) in [5.74, 6) is 1.92. The van der Waals surface area contributed by atoms with Crippen LogP contribution in [0, 0.1) is 0 Å². The summed E-state index contributed by atoms with van der Waals surface area (Å²) in [6, 6.07) is 74.6. The molecule has 0 N–H and O–H groups in total. The maximum atomic E-state index is 5.01. The van der Waals surface area contributed by atoms with E-state index in [1.54, 1.807) is 0 Å². The molecule has 3 heterocycles. The van der Waals surface area contributed by atoms with Gasteiger partial charge in [0.2, 0.25) is 0 Å². The normalized spacial score (nSPS) is 11.4. The highest BCUT2D eigenvalue weighted by Gasteiger charge is 2.21. The summed E-state index contributed by atoms with van der Waals surface area (Å²) in [6.45, 7) is 0. The summed E-state index contributed by atoms with van der Waals surface area (Å²) >= 11 is 0. The van der Waals surface area contributed by atoms with Crippen LogP contribution in [0.2, 0.25) is 0 Å². The van der Waals surface area contributed by atoms with Crippen molar-refractivity contribution in [3.63, 3.8) is 0 Å². The van der Waals surface area contributed by atoms with E-state index in [1.807, 2.05) is 60.7 Å². The number of rotatable bonds is 7. The van der Waals surface area contributed by atoms with Crippen LogP contribution in [-0.2, 0) is 0 Å². The highest BCUT2D eigenvalue weighted by atomic mass is 15.0. The first kappa shape index (κ1) is 33.4. The van der Waals surface area contributed by atoms with Gasteiger partial charge in [0.05, 0.1) is 22.2 Å². The maximum absolute atomic E-state index is 5.01. The standard InChI is InChI=1S/C53H35N5/c1-5-17-36(18-6-1)49-35-46-48(57(49)42-26-11-4-12-27-42)32-31-45-44-29-13-14-30-47(44)58(50(45)46)43-28-16-24-40(34-43)39-23-15-25-41(33-39)53-55-51(37-19-7-2-8-20-37)54-52(56-53)38-21-9-3-10-22-38/h1-35H. The fourth-order valence-electron chi connectivity index (χ4n) is 8.29. The molecule has 58 heavy (non-hydrogen) atoms. The van der Waals surface area contributed by atoms with Gasteiger partial charge < -0.3 is 9.13 Å². The first-order chi connectivity index (χ1) is 28.8. The number of nitrogens with zero attached hydrogens (tertiary/aromatic N) is 5. The number of fused-ring (bicyclic) bond motifs is 5. The Bertz CT molecular complexity index is 3200. The van der Waals surface area contributed by atoms with Gasteiger partial charge in [-0.15, -0.1) is 0 Å². The summed E-state index contributed by atoms with van der Waals surface area (Å²) in [4.78, 5) is 14.9. The van der Waals surface area contributed by atoms with Gasteiger partial charge in [0.1, 0.15) is 0 Å². The molecule has 272 valence electrons. The topological polar surface area (TPSA) is 48.5 Å². The van der Waals surface area contributed by atoms with Crippen molar-refractivity contribution in [2.24, 2.45) is 0 Å². The van der Waals surface area contributed by atoms with E-state index in [0.29, 0.717) is 17.5 Å². The quantitative estimate of drug-likeness (QED) is 0.163. The molecule has 5 nitrogen and oxygen atoms in total. The molecule has 0 bridgehead atoms. The molecule has 0 amide bonds. The van der Waals surface area contributed by atoms with Gasteiger partial charge in [-0.1, -0.05) is 164 Å². The van der Waals surface area contributed by atoms with Gasteiger partial charge in [0.15, 0.2) is 17.5 Å². The lowest BCUT2D eigenvalue weighted by molar-refractivity contribution is 1.07. The number of hydrogen-bond acceptors (Lipinski definition) is 3. The Balaban J connectivity index is 1.09. The lowest BCUT2D eigenvalue weighted by Gasteiger charge is -2.13. The second-order valence-electron chi connectivity index (χ2n) is 14.5. The number of aromatic nitrogens is 5. The van der Waals surface area contributed by atoms with E-state index in [2.05, 4.69) is 161 Å². The molecule has 11 aromatic rings. The predicted molar refractivity (Wildman–Crippen MR) is 238 cm³/mol. The second kappa shape index (κ2) is 14.0. The smallest absolute Gasteiger partial charge is 0.164 e. The third kappa shape index (κ3) is 5.76. The third-order valence-electron chi connectivity index (χ3n) is 11.0. The van der Waals surface area contributed by atoms with Crippen LogP contribution >= 0.6 is 0 Å². The largest absolute Gasteiger partial charge is 0.309 e. The van der Waals surface area contributed by atoms with Crippen LogP contribution in [0.1, 0.15) is 0 Å². The number of benzene rings is 8. The van der Waals surface area contributed by atoms with Crippen LogP contribution in [0.3, 0.4) is 0 Å². The number of para-hydroxylation sites is 2. The first-order valence-electron chi connectivity index (χ1n) is 19.5. The molecule has 0 saturated heterocycles. The van der Waals surface area contributed by atoms with Gasteiger partial charge in [-0.05, 0) is 65.2 Å². The summed E-state index contributed by atoms with van der Waals surface area (Å²) in [5, 5.41) is 3.64. The Kier molecular flexibility index (Phi) is 8.07. The number of hydrogen-bond donors (Lipinski definition) is 0. The van der Waals surface area contributed by atoms with Crippen molar-refractivity contribution in [2.45, 2.75) is 0 Å². The van der Waals surface area contributed by atoms with Crippen molar-refractivity contribution < 1.29 is 0 Å². The molecule has 0 aliphatic rings. The summed E-state index contributed by atoms with van der Waals surface area (Å²) in [5.41, 5.74) is 13.1. The molecular formula is C53H35N5. The molecule has 0 fully saturated rings. The fourth-order valence-corrected chi connectivity index (χ4v) is 8.29. The second-order valence-corrected chi connectivity index (χ2v) is 14.5. The highest BCUT2D eigenvalue weighted by Crippen LogP contribution is 2.41. The Labute approximate surface area is 335 Å². The lowest BCUT2D eigenvalue weighted by atomic mass is 10.0. The van der Waals surface area contributed by atoms with Gasteiger partial charge in [0.25, 0.3) is 0 Å². The van der Waals surface area contributed by atoms with E-state index in [1.165, 1.54) is 27.2 Å². The molecular weight excluding hydrogens is 707 g/mol. The van der Waals surface area contributed by atoms with Crippen LogP contribution in [0.25, 0.3) is 101 Å². The minimum absolute atomic E-state index is 0.632. The fraction of sp³-hybridized carbons (Fsp3) is 0. The Morgan fingerprint density at radius 1 is 0.276 bits per heavy atom. The Hall–Kier alpha value is -7.89. The Morgan fingerprint density at radius 2 is 0.759 bits per heavy atom. The minimum atomic E-state index is 0.632. The van der Waals surface area contributed by atoms with E-state index in [9.17, 15) is 0 Å². The van der Waals surface area contributed by atoms with Gasteiger partial charge in [-0.25, -0.2) is 15.0 Å². The van der Waals surface area contributed by atoms with Crippen molar-refractivity contribution in [2.75, 3.05) is 0 Å². The average Bonchev–Trinajstić information content (AvgIpc) is 3.87. The van der Waals surface area contributed by atoms with E-state index in [-0.39, 0.29) is 0 Å². The molecule has 0 unspecified atom stereocenters. The van der Waals surface area contributed by atoms with Crippen molar-refractivity contribution in [1.29, 1.82) is 0 Å². The van der Waals surface area contributed by atoms with E-state index in [4.69, 9.17) is 15.0 Å². The van der Waals surface area contributed by atoms with Gasteiger partial charge in [-0.3, -0.25) is 0 Å². The Morgan fingerprint density at radius 3 is 1.43 bits per heavy atom. The lowest BCUT2D eigenvalue weighted by Crippen LogP contribution is -2.00. The highest BCUT2D eigenvalue weighted by molar-refractivity contribution is 6.19. The zero-order chi connectivity index (χ0) is 38.4. The van der Waals surface area contributed by atoms with Gasteiger partial charge >= 0.3 is 0 Å². The maximum Gasteiger partial charge on any atom is 0.164 e. The van der Waals surface area contributed by atoms with Crippen LogP contribution < -0.4 is 0 Å². The van der Waals surface area contributed by atoms with E-state index < -0.39 is 0 Å². The monoisotopic (exact) mass is 741 g/mol. The van der Waals surface area contributed by atoms with Crippen molar-refractivity contribution in [3.8, 4) is 67.9 Å². The van der Waals surface area contributed by atoms with Crippen molar-refractivity contribution in [1.82, 2.24) is 24.1 Å². The minimum Gasteiger partial charge on any atom is -0.309 e. The molecule has 0 atom stereocenters. The summed E-state index contributed by atoms with van der Waals surface area (Å²) < 4.78 is 4.83. The van der Waals surface area contributed by atoms with Crippen LogP contribution in [0.15, 0.2) is 212 Å². The molecule has 3 aromatic heterocycles. The van der Waals surface area contributed by atoms with Crippen molar-refractivity contribution >= 4 is 32.7 Å². The SMILES string of the molecule is c1ccc(-c2nc(-c3ccccc3)nc(-c3cccc(-c4cccc(-n5c6ccccc6c6ccc7c(cc(-c8ccccc8)n7-c7ccccc7)c65)c4)c3)n2)cc1. The van der Waals surface area contributed by atoms with Crippen LogP contribution in [-0.4, -0.2) is 24.1 Å².